The molecule has 0 aliphatic rings. The van der Waals surface area contributed by atoms with Crippen molar-refractivity contribution in [1.29, 1.82) is 0 Å². The molecule has 0 saturated heterocycles. The van der Waals surface area contributed by atoms with Crippen LogP contribution in [0.4, 0.5) is 0 Å². The van der Waals surface area contributed by atoms with Crippen molar-refractivity contribution in [1.82, 2.24) is 10.3 Å². The number of aromatic nitrogens is 1. The van der Waals surface area contributed by atoms with E-state index in [1.165, 1.54) is 0 Å². The molecule has 1 aromatic heterocycles. The lowest BCUT2D eigenvalue weighted by Crippen LogP contribution is -2.28. The van der Waals surface area contributed by atoms with Crippen LogP contribution in [-0.2, 0) is 11.3 Å². The number of ether oxygens (including phenoxy) is 2. The van der Waals surface area contributed by atoms with Gasteiger partial charge in [-0.2, -0.15) is 0 Å². The number of amides is 1. The molecule has 2 aromatic rings. The van der Waals surface area contributed by atoms with Gasteiger partial charge in [0.15, 0.2) is 6.61 Å². The zero-order valence-corrected chi connectivity index (χ0v) is 12.6. The van der Waals surface area contributed by atoms with E-state index >= 15 is 0 Å². The second kappa shape index (κ2) is 8.67. The first-order valence-electron chi connectivity index (χ1n) is 7.29. The maximum atomic E-state index is 11.7. The Morgan fingerprint density at radius 3 is 2.50 bits per heavy atom. The van der Waals surface area contributed by atoms with Crippen molar-refractivity contribution in [3.63, 3.8) is 0 Å². The summed E-state index contributed by atoms with van der Waals surface area (Å²) < 4.78 is 10.9. The standard InChI is InChI=1S/C17H20N2O3/c1-2-10-21-15-5-7-16(8-6-15)22-13-17(20)19-12-14-4-3-9-18-11-14/h3-9,11H,2,10,12-13H2,1H3,(H,19,20). The molecule has 22 heavy (non-hydrogen) atoms. The van der Waals surface area contributed by atoms with E-state index in [2.05, 4.69) is 17.2 Å². The van der Waals surface area contributed by atoms with Crippen molar-refractivity contribution in [3.05, 3.63) is 54.4 Å². The third kappa shape index (κ3) is 5.44. The smallest absolute Gasteiger partial charge is 0.258 e. The molecule has 0 atom stereocenters. The first-order chi connectivity index (χ1) is 10.8. The molecule has 2 rings (SSSR count). The number of carbonyl (C=O) groups excluding carboxylic acids is 1. The zero-order chi connectivity index (χ0) is 15.6. The maximum Gasteiger partial charge on any atom is 0.258 e. The van der Waals surface area contributed by atoms with Gasteiger partial charge in [0.05, 0.1) is 6.61 Å². The fraction of sp³-hybridized carbons (Fsp3) is 0.294. The largest absolute Gasteiger partial charge is 0.494 e. The summed E-state index contributed by atoms with van der Waals surface area (Å²) in [5, 5.41) is 2.78. The zero-order valence-electron chi connectivity index (χ0n) is 12.6. The first kappa shape index (κ1) is 15.8. The maximum absolute atomic E-state index is 11.7. The molecule has 5 heteroatoms. The molecule has 1 amide bonds. The van der Waals surface area contributed by atoms with Gasteiger partial charge >= 0.3 is 0 Å². The average Bonchev–Trinajstić information content (AvgIpc) is 2.58. The van der Waals surface area contributed by atoms with E-state index in [1.54, 1.807) is 24.5 Å². The van der Waals surface area contributed by atoms with Crippen LogP contribution in [-0.4, -0.2) is 24.1 Å². The van der Waals surface area contributed by atoms with Crippen molar-refractivity contribution >= 4 is 5.91 Å². The van der Waals surface area contributed by atoms with Crippen LogP contribution in [0.25, 0.3) is 0 Å². The van der Waals surface area contributed by atoms with Crippen LogP contribution in [0.5, 0.6) is 11.5 Å². The molecule has 0 radical (unpaired) electrons. The highest BCUT2D eigenvalue weighted by atomic mass is 16.5. The fourth-order valence-electron chi connectivity index (χ4n) is 1.76. The third-order valence-electron chi connectivity index (χ3n) is 2.88. The minimum Gasteiger partial charge on any atom is -0.494 e. The van der Waals surface area contributed by atoms with Gasteiger partial charge in [-0.1, -0.05) is 13.0 Å². The Kier molecular flexibility index (Phi) is 6.23. The predicted octanol–water partition coefficient (Wildman–Crippen LogP) is 2.57. The molecule has 0 fully saturated rings. The highest BCUT2D eigenvalue weighted by Crippen LogP contribution is 2.17. The SMILES string of the molecule is CCCOc1ccc(OCC(=O)NCc2cccnc2)cc1. The molecule has 0 unspecified atom stereocenters. The highest BCUT2D eigenvalue weighted by molar-refractivity contribution is 5.77. The van der Waals surface area contributed by atoms with E-state index in [0.717, 1.165) is 17.7 Å². The van der Waals surface area contributed by atoms with Gasteiger partial charge in [-0.15, -0.1) is 0 Å². The molecule has 1 N–H and O–H groups in total. The van der Waals surface area contributed by atoms with Crippen LogP contribution in [0.1, 0.15) is 18.9 Å². The lowest BCUT2D eigenvalue weighted by Gasteiger charge is -2.09. The summed E-state index contributed by atoms with van der Waals surface area (Å²) in [7, 11) is 0. The van der Waals surface area contributed by atoms with E-state index in [1.807, 2.05) is 24.3 Å². The fourth-order valence-corrected chi connectivity index (χ4v) is 1.76. The van der Waals surface area contributed by atoms with Crippen LogP contribution in [0.3, 0.4) is 0 Å². The highest BCUT2D eigenvalue weighted by Gasteiger charge is 2.03. The third-order valence-corrected chi connectivity index (χ3v) is 2.88. The number of nitrogens with zero attached hydrogens (tertiary/aromatic N) is 1. The topological polar surface area (TPSA) is 60.5 Å². The minimum absolute atomic E-state index is 0.0184. The Hall–Kier alpha value is -2.56. The van der Waals surface area contributed by atoms with Gasteiger partial charge in [0.25, 0.3) is 5.91 Å². The van der Waals surface area contributed by atoms with Crippen molar-refractivity contribution in [2.24, 2.45) is 0 Å². The van der Waals surface area contributed by atoms with Crippen LogP contribution in [0.15, 0.2) is 48.8 Å². The summed E-state index contributed by atoms with van der Waals surface area (Å²) in [6, 6.07) is 11.0. The van der Waals surface area contributed by atoms with Gasteiger partial charge in [-0.25, -0.2) is 0 Å². The summed E-state index contributed by atoms with van der Waals surface area (Å²) in [6.45, 7) is 3.17. The van der Waals surface area contributed by atoms with Crippen molar-refractivity contribution in [2.45, 2.75) is 19.9 Å². The number of carbonyl (C=O) groups is 1. The van der Waals surface area contributed by atoms with Crippen LogP contribution >= 0.6 is 0 Å². The minimum atomic E-state index is -0.171. The number of pyridine rings is 1. The Morgan fingerprint density at radius 1 is 1.14 bits per heavy atom. The summed E-state index contributed by atoms with van der Waals surface area (Å²) >= 11 is 0. The number of hydrogen-bond donors (Lipinski definition) is 1. The number of nitrogens with one attached hydrogen (secondary N) is 1. The Morgan fingerprint density at radius 2 is 1.86 bits per heavy atom. The lowest BCUT2D eigenvalue weighted by molar-refractivity contribution is -0.123. The van der Waals surface area contributed by atoms with Crippen LogP contribution < -0.4 is 14.8 Å². The van der Waals surface area contributed by atoms with Crippen molar-refractivity contribution < 1.29 is 14.3 Å². The predicted molar refractivity (Wildman–Crippen MR) is 83.8 cm³/mol. The molecule has 0 aliphatic heterocycles. The summed E-state index contributed by atoms with van der Waals surface area (Å²) in [4.78, 5) is 15.7. The van der Waals surface area contributed by atoms with E-state index < -0.39 is 0 Å². The molecule has 0 bridgehead atoms. The second-order valence-electron chi connectivity index (χ2n) is 4.75. The second-order valence-corrected chi connectivity index (χ2v) is 4.75. The molecule has 116 valence electrons. The van der Waals surface area contributed by atoms with E-state index in [-0.39, 0.29) is 12.5 Å². The van der Waals surface area contributed by atoms with Crippen molar-refractivity contribution in [2.75, 3.05) is 13.2 Å². The number of benzene rings is 1. The molecule has 0 spiro atoms. The van der Waals surface area contributed by atoms with Gasteiger partial charge < -0.3 is 14.8 Å². The number of rotatable bonds is 8. The first-order valence-corrected chi connectivity index (χ1v) is 7.29. The average molecular weight is 300 g/mol. The van der Waals surface area contributed by atoms with Gasteiger partial charge in [-0.3, -0.25) is 9.78 Å². The summed E-state index contributed by atoms with van der Waals surface area (Å²) in [6.07, 6.45) is 4.38. The monoisotopic (exact) mass is 300 g/mol. The van der Waals surface area contributed by atoms with E-state index in [9.17, 15) is 4.79 Å². The molecule has 0 aliphatic carbocycles. The molecular weight excluding hydrogens is 280 g/mol. The van der Waals surface area contributed by atoms with E-state index in [4.69, 9.17) is 9.47 Å². The van der Waals surface area contributed by atoms with Crippen LogP contribution in [0, 0.1) is 0 Å². The quantitative estimate of drug-likeness (QED) is 0.814. The Bertz CT molecular complexity index is 570. The Balaban J connectivity index is 1.71. The van der Waals surface area contributed by atoms with Gasteiger partial charge in [-0.05, 0) is 42.3 Å². The summed E-state index contributed by atoms with van der Waals surface area (Å²) in [5.41, 5.74) is 0.952. The summed E-state index contributed by atoms with van der Waals surface area (Å²) in [5.74, 6) is 1.27. The molecule has 1 aromatic carbocycles. The lowest BCUT2D eigenvalue weighted by atomic mass is 10.3. The van der Waals surface area contributed by atoms with Gasteiger partial charge in [0, 0.05) is 18.9 Å². The molecule has 1 heterocycles. The van der Waals surface area contributed by atoms with Crippen molar-refractivity contribution in [3.8, 4) is 11.5 Å². The molecule has 0 saturated carbocycles. The molecular formula is C17H20N2O3. The van der Waals surface area contributed by atoms with Gasteiger partial charge in [0.2, 0.25) is 0 Å². The number of hydrogen-bond acceptors (Lipinski definition) is 4. The normalized spacial score (nSPS) is 10.0. The van der Waals surface area contributed by atoms with E-state index in [0.29, 0.717) is 18.9 Å². The molecule has 5 nitrogen and oxygen atoms in total. The van der Waals surface area contributed by atoms with Gasteiger partial charge in [0.1, 0.15) is 11.5 Å². The van der Waals surface area contributed by atoms with Crippen LogP contribution in [0.2, 0.25) is 0 Å². The Labute approximate surface area is 130 Å².